The summed E-state index contributed by atoms with van der Waals surface area (Å²) in [4.78, 5) is 23.4. The largest absolute Gasteiger partial charge is 0.471 e. The van der Waals surface area contributed by atoms with Crippen LogP contribution in [0.15, 0.2) is 54.6 Å². The first-order chi connectivity index (χ1) is 13.4. The number of piperazine rings is 1. The van der Waals surface area contributed by atoms with Gasteiger partial charge in [-0.15, -0.1) is 0 Å². The number of amides is 1. The number of nitrogens with zero attached hydrogens (tertiary/aromatic N) is 4. The predicted octanol–water partition coefficient (Wildman–Crippen LogP) is 3.51. The number of para-hydroxylation sites is 1. The minimum absolute atomic E-state index is 0.0187. The number of halogens is 3. The van der Waals surface area contributed by atoms with Gasteiger partial charge < -0.3 is 9.80 Å². The molecule has 2 aromatic carbocycles. The molecule has 1 fully saturated rings. The van der Waals surface area contributed by atoms with Gasteiger partial charge in [0, 0.05) is 37.1 Å². The van der Waals surface area contributed by atoms with E-state index in [-0.39, 0.29) is 26.2 Å². The zero-order valence-corrected chi connectivity index (χ0v) is 14.9. The lowest BCUT2D eigenvalue weighted by Gasteiger charge is -2.35. The van der Waals surface area contributed by atoms with E-state index in [9.17, 15) is 18.0 Å². The van der Waals surface area contributed by atoms with E-state index in [0.29, 0.717) is 5.95 Å². The zero-order valence-electron chi connectivity index (χ0n) is 14.9. The highest BCUT2D eigenvalue weighted by Gasteiger charge is 2.43. The van der Waals surface area contributed by atoms with Crippen LogP contribution in [-0.4, -0.2) is 53.1 Å². The number of carbonyl (C=O) groups is 1. The third kappa shape index (κ3) is 3.49. The van der Waals surface area contributed by atoms with E-state index in [1.165, 1.54) is 0 Å². The second-order valence-electron chi connectivity index (χ2n) is 6.53. The molecule has 0 atom stereocenters. The predicted molar refractivity (Wildman–Crippen MR) is 99.8 cm³/mol. The van der Waals surface area contributed by atoms with Crippen LogP contribution in [0.5, 0.6) is 0 Å². The summed E-state index contributed by atoms with van der Waals surface area (Å²) in [6.07, 6.45) is -4.85. The molecular formula is C20H17F3N4O. The van der Waals surface area contributed by atoms with Gasteiger partial charge in [-0.25, -0.2) is 9.97 Å². The molecule has 1 aliphatic heterocycles. The van der Waals surface area contributed by atoms with Gasteiger partial charge in [-0.3, -0.25) is 4.79 Å². The summed E-state index contributed by atoms with van der Waals surface area (Å²) in [5.41, 5.74) is 2.48. The van der Waals surface area contributed by atoms with Gasteiger partial charge in [-0.05, 0) is 6.07 Å². The Labute approximate surface area is 159 Å². The minimum Gasteiger partial charge on any atom is -0.337 e. The third-order valence-electron chi connectivity index (χ3n) is 4.73. The van der Waals surface area contributed by atoms with Gasteiger partial charge in [0.05, 0.1) is 11.2 Å². The van der Waals surface area contributed by atoms with Crippen molar-refractivity contribution in [1.82, 2.24) is 14.9 Å². The van der Waals surface area contributed by atoms with Gasteiger partial charge in [-0.2, -0.15) is 13.2 Å². The van der Waals surface area contributed by atoms with Crippen LogP contribution in [-0.2, 0) is 4.79 Å². The first kappa shape index (κ1) is 18.2. The van der Waals surface area contributed by atoms with Crippen LogP contribution in [0.2, 0.25) is 0 Å². The fourth-order valence-electron chi connectivity index (χ4n) is 3.31. The molecule has 8 heteroatoms. The summed E-state index contributed by atoms with van der Waals surface area (Å²) < 4.78 is 37.9. The molecular weight excluding hydrogens is 369 g/mol. The maximum Gasteiger partial charge on any atom is 0.471 e. The number of hydrogen-bond acceptors (Lipinski definition) is 4. The Bertz CT molecular complexity index is 999. The Balaban J connectivity index is 1.65. The highest BCUT2D eigenvalue weighted by atomic mass is 19.4. The van der Waals surface area contributed by atoms with Crippen molar-refractivity contribution in [3.8, 4) is 11.3 Å². The number of fused-ring (bicyclic) bond motifs is 1. The van der Waals surface area contributed by atoms with Gasteiger partial charge in [0.15, 0.2) is 0 Å². The summed E-state index contributed by atoms with van der Waals surface area (Å²) in [5, 5.41) is 0.906. The van der Waals surface area contributed by atoms with Crippen molar-refractivity contribution in [1.29, 1.82) is 0 Å². The Morgan fingerprint density at radius 1 is 0.857 bits per heavy atom. The molecule has 0 radical (unpaired) electrons. The molecule has 1 aliphatic rings. The summed E-state index contributed by atoms with van der Waals surface area (Å²) in [6.45, 7) is 0.452. The second kappa shape index (κ2) is 7.10. The first-order valence-corrected chi connectivity index (χ1v) is 8.87. The lowest BCUT2D eigenvalue weighted by atomic mass is 10.1. The highest BCUT2D eigenvalue weighted by Crippen LogP contribution is 2.28. The third-order valence-corrected chi connectivity index (χ3v) is 4.73. The van der Waals surface area contributed by atoms with Gasteiger partial charge in [0.2, 0.25) is 5.95 Å². The zero-order chi connectivity index (χ0) is 19.7. The van der Waals surface area contributed by atoms with Crippen molar-refractivity contribution in [3.05, 3.63) is 54.6 Å². The van der Waals surface area contributed by atoms with Crippen molar-refractivity contribution in [3.63, 3.8) is 0 Å². The van der Waals surface area contributed by atoms with Crippen molar-refractivity contribution in [2.75, 3.05) is 31.1 Å². The van der Waals surface area contributed by atoms with Crippen molar-refractivity contribution in [2.45, 2.75) is 6.18 Å². The summed E-state index contributed by atoms with van der Waals surface area (Å²) in [6, 6.07) is 17.3. The van der Waals surface area contributed by atoms with Crippen LogP contribution >= 0.6 is 0 Å². The molecule has 1 saturated heterocycles. The lowest BCUT2D eigenvalue weighted by Crippen LogP contribution is -2.52. The molecule has 1 aromatic heterocycles. The molecule has 0 bridgehead atoms. The topological polar surface area (TPSA) is 49.3 Å². The molecule has 28 heavy (non-hydrogen) atoms. The number of alkyl halides is 3. The Hall–Kier alpha value is -3.16. The van der Waals surface area contributed by atoms with Gasteiger partial charge in [0.25, 0.3) is 0 Å². The molecule has 0 aliphatic carbocycles. The first-order valence-electron chi connectivity index (χ1n) is 8.87. The maximum absolute atomic E-state index is 12.6. The number of carbonyl (C=O) groups excluding carboxylic acids is 1. The summed E-state index contributed by atoms with van der Waals surface area (Å²) in [5.74, 6) is -1.34. The van der Waals surface area contributed by atoms with Gasteiger partial charge >= 0.3 is 12.1 Å². The standard InChI is InChI=1S/C20H17F3N4O/c21-20(22,23)18(28)26-10-12-27(13-11-26)19-24-16-9-5-4-8-15(16)17(25-19)14-6-2-1-3-7-14/h1-9H,10-13H2. The Morgan fingerprint density at radius 2 is 1.50 bits per heavy atom. The van der Waals surface area contributed by atoms with E-state index in [1.807, 2.05) is 59.5 Å². The SMILES string of the molecule is O=C(N1CCN(c2nc(-c3ccccc3)c3ccccc3n2)CC1)C(F)(F)F. The Kier molecular flexibility index (Phi) is 4.62. The number of hydrogen-bond donors (Lipinski definition) is 0. The molecule has 5 nitrogen and oxygen atoms in total. The molecule has 2 heterocycles. The molecule has 0 N–H and O–H groups in total. The molecule has 4 rings (SSSR count). The smallest absolute Gasteiger partial charge is 0.337 e. The second-order valence-corrected chi connectivity index (χ2v) is 6.53. The van der Waals surface area contributed by atoms with E-state index in [0.717, 1.165) is 27.1 Å². The van der Waals surface area contributed by atoms with E-state index in [2.05, 4.69) is 4.98 Å². The highest BCUT2D eigenvalue weighted by molar-refractivity contribution is 5.93. The molecule has 0 saturated carbocycles. The van der Waals surface area contributed by atoms with Crippen LogP contribution in [0, 0.1) is 0 Å². The van der Waals surface area contributed by atoms with E-state index in [1.54, 1.807) is 0 Å². The van der Waals surface area contributed by atoms with E-state index < -0.39 is 12.1 Å². The monoisotopic (exact) mass is 386 g/mol. The molecule has 3 aromatic rings. The van der Waals surface area contributed by atoms with Gasteiger partial charge in [0.1, 0.15) is 0 Å². The number of aromatic nitrogens is 2. The number of rotatable bonds is 2. The summed E-state index contributed by atoms with van der Waals surface area (Å²) in [7, 11) is 0. The quantitative estimate of drug-likeness (QED) is 0.676. The van der Waals surface area contributed by atoms with Gasteiger partial charge in [-0.1, -0.05) is 48.5 Å². The normalized spacial score (nSPS) is 15.1. The molecule has 144 valence electrons. The van der Waals surface area contributed by atoms with E-state index in [4.69, 9.17) is 4.98 Å². The van der Waals surface area contributed by atoms with Crippen LogP contribution in [0.25, 0.3) is 22.2 Å². The van der Waals surface area contributed by atoms with Crippen LogP contribution in [0.1, 0.15) is 0 Å². The van der Waals surface area contributed by atoms with E-state index >= 15 is 0 Å². The van der Waals surface area contributed by atoms with Crippen LogP contribution in [0.4, 0.5) is 19.1 Å². The van der Waals surface area contributed by atoms with Crippen molar-refractivity contribution in [2.24, 2.45) is 0 Å². The average Bonchev–Trinajstić information content (AvgIpc) is 2.72. The molecule has 0 spiro atoms. The summed E-state index contributed by atoms with van der Waals surface area (Å²) >= 11 is 0. The van der Waals surface area contributed by atoms with Crippen LogP contribution < -0.4 is 4.90 Å². The van der Waals surface area contributed by atoms with Crippen LogP contribution in [0.3, 0.4) is 0 Å². The Morgan fingerprint density at radius 3 is 2.18 bits per heavy atom. The number of benzene rings is 2. The average molecular weight is 386 g/mol. The van der Waals surface area contributed by atoms with Crippen molar-refractivity contribution < 1.29 is 18.0 Å². The molecule has 0 unspecified atom stereocenters. The maximum atomic E-state index is 12.6. The fraction of sp³-hybridized carbons (Fsp3) is 0.250. The molecule has 1 amide bonds. The lowest BCUT2D eigenvalue weighted by molar-refractivity contribution is -0.185. The van der Waals surface area contributed by atoms with Crippen molar-refractivity contribution >= 4 is 22.8 Å². The number of anilines is 1. The fourth-order valence-corrected chi connectivity index (χ4v) is 3.31. The minimum atomic E-state index is -4.85.